The zero-order valence-corrected chi connectivity index (χ0v) is 19.9. The Hall–Kier alpha value is -2.86. The first-order chi connectivity index (χ1) is 16.9. The Bertz CT molecular complexity index is 1080. The number of aryl methyl sites for hydroxylation is 1. The first-order valence-corrected chi connectivity index (χ1v) is 12.6. The van der Waals surface area contributed by atoms with E-state index in [9.17, 15) is 0 Å². The minimum Gasteiger partial charge on any atom is -0.309 e. The first-order valence-electron chi connectivity index (χ1n) is 12.6. The number of benzene rings is 1. The van der Waals surface area contributed by atoms with Gasteiger partial charge < -0.3 is 10.6 Å². The monoisotopic (exact) mass is 453 g/mol. The molecule has 5 rings (SSSR count). The molecular formula is C29H35N5. The Labute approximate surface area is 203 Å². The van der Waals surface area contributed by atoms with Crippen molar-refractivity contribution in [3.63, 3.8) is 0 Å². The molecule has 1 aliphatic heterocycles. The minimum atomic E-state index is 0.386. The van der Waals surface area contributed by atoms with Crippen molar-refractivity contribution in [3.8, 4) is 0 Å². The molecule has 1 aliphatic carbocycles. The topological polar surface area (TPSA) is 53.1 Å². The van der Waals surface area contributed by atoms with E-state index in [1.165, 1.54) is 40.8 Å². The van der Waals surface area contributed by atoms with E-state index in [0.29, 0.717) is 12.1 Å². The smallest absolute Gasteiger partial charge is 0.0607 e. The summed E-state index contributed by atoms with van der Waals surface area (Å²) in [7, 11) is 0. The second-order valence-corrected chi connectivity index (χ2v) is 9.42. The SMILES string of the molecule is C(=C\CN(CC1Cc2ccccc2CN1)C1CCCc2cccnc21)/CNCc1cccnc1. The van der Waals surface area contributed by atoms with Crippen LogP contribution in [0.5, 0.6) is 0 Å². The zero-order chi connectivity index (χ0) is 23.0. The standard InChI is InChI=1S/C29H35N5/c1-2-10-26-21-33-27(18-25(26)9-1)22-34(28-13-5-11-24-12-7-16-32-29(24)28)17-4-3-14-30-19-23-8-6-15-31-20-23/h1-4,6-10,12,15-16,20,27-28,30,33H,5,11,13-14,17-19,21-22H2/b4-3+. The molecule has 176 valence electrons. The Morgan fingerprint density at radius 2 is 1.88 bits per heavy atom. The van der Waals surface area contributed by atoms with E-state index in [4.69, 9.17) is 4.98 Å². The van der Waals surface area contributed by atoms with Crippen LogP contribution in [-0.4, -0.2) is 40.5 Å². The van der Waals surface area contributed by atoms with E-state index in [2.05, 4.69) is 75.1 Å². The molecule has 2 N–H and O–H groups in total. The van der Waals surface area contributed by atoms with Crippen LogP contribution in [0, 0.1) is 0 Å². The molecule has 2 unspecified atom stereocenters. The van der Waals surface area contributed by atoms with Crippen molar-refractivity contribution in [1.29, 1.82) is 0 Å². The molecule has 1 aromatic carbocycles. The van der Waals surface area contributed by atoms with Crippen molar-refractivity contribution in [2.24, 2.45) is 0 Å². The fourth-order valence-electron chi connectivity index (χ4n) is 5.30. The van der Waals surface area contributed by atoms with E-state index in [1.807, 2.05) is 24.7 Å². The van der Waals surface area contributed by atoms with E-state index >= 15 is 0 Å². The summed E-state index contributed by atoms with van der Waals surface area (Å²) >= 11 is 0. The summed E-state index contributed by atoms with van der Waals surface area (Å²) in [5, 5.41) is 7.29. The number of fused-ring (bicyclic) bond motifs is 2. The Morgan fingerprint density at radius 3 is 2.79 bits per heavy atom. The highest BCUT2D eigenvalue weighted by Crippen LogP contribution is 2.33. The molecule has 0 fully saturated rings. The summed E-state index contributed by atoms with van der Waals surface area (Å²) in [6.45, 7) is 4.63. The van der Waals surface area contributed by atoms with Gasteiger partial charge in [-0.1, -0.05) is 48.6 Å². The summed E-state index contributed by atoms with van der Waals surface area (Å²) < 4.78 is 0. The van der Waals surface area contributed by atoms with Gasteiger partial charge in [0, 0.05) is 57.4 Å². The van der Waals surface area contributed by atoms with Gasteiger partial charge in [0.15, 0.2) is 0 Å². The van der Waals surface area contributed by atoms with E-state index < -0.39 is 0 Å². The second kappa shape index (κ2) is 11.5. The van der Waals surface area contributed by atoms with Gasteiger partial charge in [-0.3, -0.25) is 14.9 Å². The Kier molecular flexibility index (Phi) is 7.76. The molecule has 5 heteroatoms. The van der Waals surface area contributed by atoms with Crippen molar-refractivity contribution in [1.82, 2.24) is 25.5 Å². The molecule has 0 saturated heterocycles. The number of nitrogens with zero attached hydrogens (tertiary/aromatic N) is 3. The maximum Gasteiger partial charge on any atom is 0.0607 e. The molecule has 34 heavy (non-hydrogen) atoms. The fourth-order valence-corrected chi connectivity index (χ4v) is 5.30. The number of aromatic nitrogens is 2. The summed E-state index contributed by atoms with van der Waals surface area (Å²) in [6, 6.07) is 18.1. The van der Waals surface area contributed by atoms with Crippen LogP contribution in [0.25, 0.3) is 0 Å². The van der Waals surface area contributed by atoms with Gasteiger partial charge in [-0.2, -0.15) is 0 Å². The molecular weight excluding hydrogens is 418 g/mol. The summed E-state index contributed by atoms with van der Waals surface area (Å²) in [5.41, 5.74) is 6.85. The van der Waals surface area contributed by atoms with Crippen molar-refractivity contribution in [3.05, 3.63) is 107 Å². The normalized spacial score (nSPS) is 19.8. The van der Waals surface area contributed by atoms with Crippen molar-refractivity contribution in [2.75, 3.05) is 19.6 Å². The predicted molar refractivity (Wildman–Crippen MR) is 137 cm³/mol. The van der Waals surface area contributed by atoms with E-state index in [-0.39, 0.29) is 0 Å². The third-order valence-electron chi connectivity index (χ3n) is 7.05. The lowest BCUT2D eigenvalue weighted by Crippen LogP contribution is -2.46. The number of nitrogens with one attached hydrogen (secondary N) is 2. The van der Waals surface area contributed by atoms with Crippen LogP contribution in [0.1, 0.15) is 46.8 Å². The molecule has 5 nitrogen and oxygen atoms in total. The van der Waals surface area contributed by atoms with E-state index in [0.717, 1.165) is 45.6 Å². The molecule has 3 aromatic rings. The van der Waals surface area contributed by atoms with Crippen LogP contribution in [0.15, 0.2) is 79.3 Å². The maximum atomic E-state index is 4.84. The second-order valence-electron chi connectivity index (χ2n) is 9.42. The zero-order valence-electron chi connectivity index (χ0n) is 19.9. The first kappa shape index (κ1) is 22.9. The lowest BCUT2D eigenvalue weighted by molar-refractivity contribution is 0.170. The van der Waals surface area contributed by atoms with Crippen molar-refractivity contribution >= 4 is 0 Å². The number of rotatable bonds is 9. The highest BCUT2D eigenvalue weighted by Gasteiger charge is 2.29. The highest BCUT2D eigenvalue weighted by atomic mass is 15.2. The van der Waals surface area contributed by atoms with Gasteiger partial charge >= 0.3 is 0 Å². The third kappa shape index (κ3) is 5.79. The van der Waals surface area contributed by atoms with Crippen LogP contribution in [-0.2, 0) is 25.9 Å². The average molecular weight is 454 g/mol. The van der Waals surface area contributed by atoms with Gasteiger partial charge in [-0.05, 0) is 60.1 Å². The van der Waals surface area contributed by atoms with Crippen LogP contribution < -0.4 is 10.6 Å². The fraction of sp³-hybridized carbons (Fsp3) is 0.379. The Morgan fingerprint density at radius 1 is 1.00 bits per heavy atom. The van der Waals surface area contributed by atoms with Gasteiger partial charge in [0.1, 0.15) is 0 Å². The van der Waals surface area contributed by atoms with E-state index in [1.54, 1.807) is 0 Å². The van der Waals surface area contributed by atoms with Gasteiger partial charge in [-0.25, -0.2) is 0 Å². The van der Waals surface area contributed by atoms with Crippen molar-refractivity contribution in [2.45, 2.75) is 50.9 Å². The lowest BCUT2D eigenvalue weighted by atomic mass is 9.89. The quantitative estimate of drug-likeness (QED) is 0.375. The summed E-state index contributed by atoms with van der Waals surface area (Å²) in [4.78, 5) is 11.7. The Balaban J connectivity index is 1.24. The molecule has 0 bridgehead atoms. The van der Waals surface area contributed by atoms with Gasteiger partial charge in [0.25, 0.3) is 0 Å². The summed E-state index contributed by atoms with van der Waals surface area (Å²) in [5.74, 6) is 0. The number of hydrogen-bond acceptors (Lipinski definition) is 5. The van der Waals surface area contributed by atoms with Crippen molar-refractivity contribution < 1.29 is 0 Å². The lowest BCUT2D eigenvalue weighted by Gasteiger charge is -2.38. The predicted octanol–water partition coefficient (Wildman–Crippen LogP) is 4.22. The van der Waals surface area contributed by atoms with Gasteiger partial charge in [0.2, 0.25) is 0 Å². The maximum absolute atomic E-state index is 4.84. The molecule has 2 aliphatic rings. The number of hydrogen-bond donors (Lipinski definition) is 2. The molecule has 2 atom stereocenters. The molecule has 0 radical (unpaired) electrons. The molecule has 0 spiro atoms. The molecule has 2 aromatic heterocycles. The third-order valence-corrected chi connectivity index (χ3v) is 7.05. The van der Waals surface area contributed by atoms with Crippen LogP contribution >= 0.6 is 0 Å². The van der Waals surface area contributed by atoms with Crippen LogP contribution in [0.4, 0.5) is 0 Å². The van der Waals surface area contributed by atoms with Gasteiger partial charge in [0.05, 0.1) is 11.7 Å². The highest BCUT2D eigenvalue weighted by molar-refractivity contribution is 5.30. The summed E-state index contributed by atoms with van der Waals surface area (Å²) in [6.07, 6.45) is 14.9. The van der Waals surface area contributed by atoms with Gasteiger partial charge in [-0.15, -0.1) is 0 Å². The average Bonchev–Trinajstić information content (AvgIpc) is 2.90. The molecule has 3 heterocycles. The molecule has 0 amide bonds. The molecule has 0 saturated carbocycles. The largest absolute Gasteiger partial charge is 0.309 e. The van der Waals surface area contributed by atoms with Crippen LogP contribution in [0.3, 0.4) is 0 Å². The number of pyridine rings is 2. The minimum absolute atomic E-state index is 0.386. The van der Waals surface area contributed by atoms with Crippen LogP contribution in [0.2, 0.25) is 0 Å².